The van der Waals surface area contributed by atoms with Gasteiger partial charge in [-0.25, -0.2) is 0 Å². The highest BCUT2D eigenvalue weighted by Gasteiger charge is 2.10. The maximum absolute atomic E-state index is 6.26. The predicted molar refractivity (Wildman–Crippen MR) is 80.3 cm³/mol. The van der Waals surface area contributed by atoms with Crippen LogP contribution >= 0.6 is 23.4 Å². The lowest BCUT2D eigenvalue weighted by Crippen LogP contribution is -2.30. The molecule has 1 N–H and O–H groups in total. The molecular weight excluding hydrogens is 250 g/mol. The standard InChI is InChI=1S/C14H22ClNS/c1-10(2)17-9-13(16-4)8-12-6-5-11(3)7-14(12)15/h5-7,10,13,16H,8-9H2,1-4H3. The van der Waals surface area contributed by atoms with Crippen LogP contribution in [0, 0.1) is 6.92 Å². The van der Waals surface area contributed by atoms with Crippen molar-refractivity contribution in [3.8, 4) is 0 Å². The first-order valence-corrected chi connectivity index (χ1v) is 7.49. The smallest absolute Gasteiger partial charge is 0.0441 e. The molecule has 1 nitrogen and oxygen atoms in total. The molecule has 0 radical (unpaired) electrons. The topological polar surface area (TPSA) is 12.0 Å². The fraction of sp³-hybridized carbons (Fsp3) is 0.571. The third-order valence-electron chi connectivity index (χ3n) is 2.71. The Morgan fingerprint density at radius 2 is 2.06 bits per heavy atom. The SMILES string of the molecule is CNC(CSC(C)C)Cc1ccc(C)cc1Cl. The summed E-state index contributed by atoms with van der Waals surface area (Å²) in [5, 5.41) is 4.94. The Morgan fingerprint density at radius 3 is 2.59 bits per heavy atom. The second-order valence-electron chi connectivity index (χ2n) is 4.67. The quantitative estimate of drug-likeness (QED) is 0.842. The maximum Gasteiger partial charge on any atom is 0.0441 e. The van der Waals surface area contributed by atoms with Gasteiger partial charge in [0.05, 0.1) is 0 Å². The number of halogens is 1. The van der Waals surface area contributed by atoms with Crippen molar-refractivity contribution < 1.29 is 0 Å². The van der Waals surface area contributed by atoms with E-state index in [0.717, 1.165) is 17.2 Å². The Labute approximate surface area is 114 Å². The average molecular weight is 272 g/mol. The van der Waals surface area contributed by atoms with Gasteiger partial charge in [-0.2, -0.15) is 11.8 Å². The third kappa shape index (κ3) is 5.33. The van der Waals surface area contributed by atoms with Crippen LogP contribution in [0.15, 0.2) is 18.2 Å². The van der Waals surface area contributed by atoms with Crippen LogP contribution in [0.3, 0.4) is 0 Å². The molecule has 0 saturated heterocycles. The molecule has 0 aliphatic rings. The molecule has 0 aliphatic heterocycles. The van der Waals surface area contributed by atoms with Crippen molar-refractivity contribution in [2.24, 2.45) is 0 Å². The molecule has 96 valence electrons. The monoisotopic (exact) mass is 271 g/mol. The van der Waals surface area contributed by atoms with Gasteiger partial charge in [-0.3, -0.25) is 0 Å². The van der Waals surface area contributed by atoms with E-state index in [1.54, 1.807) is 0 Å². The van der Waals surface area contributed by atoms with E-state index in [0.29, 0.717) is 11.3 Å². The van der Waals surface area contributed by atoms with Gasteiger partial charge in [0, 0.05) is 16.8 Å². The summed E-state index contributed by atoms with van der Waals surface area (Å²) >= 11 is 8.25. The predicted octanol–water partition coefficient (Wildman–Crippen LogP) is 3.92. The molecule has 1 rings (SSSR count). The van der Waals surface area contributed by atoms with Crippen molar-refractivity contribution in [2.75, 3.05) is 12.8 Å². The zero-order chi connectivity index (χ0) is 12.8. The first-order valence-electron chi connectivity index (χ1n) is 6.06. The number of rotatable bonds is 6. The van der Waals surface area contributed by atoms with Crippen LogP contribution in [-0.4, -0.2) is 24.1 Å². The van der Waals surface area contributed by atoms with Crippen molar-refractivity contribution >= 4 is 23.4 Å². The lowest BCUT2D eigenvalue weighted by atomic mass is 10.1. The molecule has 0 amide bonds. The Kier molecular flexibility index (Phi) is 6.39. The summed E-state index contributed by atoms with van der Waals surface area (Å²) in [6.45, 7) is 6.53. The Bertz CT molecular complexity index is 352. The van der Waals surface area contributed by atoms with Gasteiger partial charge in [-0.15, -0.1) is 0 Å². The highest BCUT2D eigenvalue weighted by Crippen LogP contribution is 2.20. The molecule has 1 unspecified atom stereocenters. The second-order valence-corrected chi connectivity index (χ2v) is 6.68. The minimum atomic E-state index is 0.489. The van der Waals surface area contributed by atoms with Crippen molar-refractivity contribution in [3.63, 3.8) is 0 Å². The van der Waals surface area contributed by atoms with Crippen LogP contribution in [0.25, 0.3) is 0 Å². The average Bonchev–Trinajstić information content (AvgIpc) is 2.26. The maximum atomic E-state index is 6.26. The number of nitrogens with one attached hydrogen (secondary N) is 1. The second kappa shape index (κ2) is 7.30. The normalized spacial score (nSPS) is 13.1. The highest BCUT2D eigenvalue weighted by molar-refractivity contribution is 7.99. The molecule has 0 aliphatic carbocycles. The highest BCUT2D eigenvalue weighted by atomic mass is 35.5. The first kappa shape index (κ1) is 14.9. The van der Waals surface area contributed by atoms with E-state index < -0.39 is 0 Å². The van der Waals surface area contributed by atoms with Crippen LogP contribution in [0.4, 0.5) is 0 Å². The summed E-state index contributed by atoms with van der Waals surface area (Å²) in [6.07, 6.45) is 0.995. The Morgan fingerprint density at radius 1 is 1.35 bits per heavy atom. The van der Waals surface area contributed by atoms with Gasteiger partial charge in [-0.1, -0.05) is 37.6 Å². The summed E-state index contributed by atoms with van der Waals surface area (Å²) in [5.41, 5.74) is 2.46. The van der Waals surface area contributed by atoms with Crippen molar-refractivity contribution in [3.05, 3.63) is 34.3 Å². The van der Waals surface area contributed by atoms with Gasteiger partial charge in [0.25, 0.3) is 0 Å². The summed E-state index contributed by atoms with van der Waals surface area (Å²) in [7, 11) is 2.02. The van der Waals surface area contributed by atoms with Crippen molar-refractivity contribution in [1.82, 2.24) is 5.32 Å². The van der Waals surface area contributed by atoms with Gasteiger partial charge >= 0.3 is 0 Å². The fourth-order valence-corrected chi connectivity index (χ4v) is 2.85. The number of aryl methyl sites for hydroxylation is 1. The first-order chi connectivity index (χ1) is 8.02. The van der Waals surface area contributed by atoms with Crippen molar-refractivity contribution in [1.29, 1.82) is 0 Å². The molecule has 0 fully saturated rings. The van der Waals surface area contributed by atoms with E-state index in [2.05, 4.69) is 38.2 Å². The molecular formula is C14H22ClNS. The van der Waals surface area contributed by atoms with E-state index in [-0.39, 0.29) is 0 Å². The van der Waals surface area contributed by atoms with Crippen LogP contribution in [0.2, 0.25) is 5.02 Å². The summed E-state index contributed by atoms with van der Waals surface area (Å²) in [5.74, 6) is 1.12. The third-order valence-corrected chi connectivity index (χ3v) is 4.33. The van der Waals surface area contributed by atoms with Crippen LogP contribution in [0.1, 0.15) is 25.0 Å². The molecule has 1 aromatic rings. The molecule has 0 heterocycles. The Hall–Kier alpha value is -0.180. The van der Waals surface area contributed by atoms with Gasteiger partial charge in [0.2, 0.25) is 0 Å². The summed E-state index contributed by atoms with van der Waals surface area (Å²) in [6, 6.07) is 6.80. The van der Waals surface area contributed by atoms with Gasteiger partial charge in [0.1, 0.15) is 0 Å². The van der Waals surface area contributed by atoms with Crippen molar-refractivity contribution in [2.45, 2.75) is 38.5 Å². The minimum absolute atomic E-state index is 0.489. The fourth-order valence-electron chi connectivity index (χ4n) is 1.64. The zero-order valence-electron chi connectivity index (χ0n) is 11.1. The number of thioether (sulfide) groups is 1. The molecule has 17 heavy (non-hydrogen) atoms. The molecule has 1 atom stereocenters. The molecule has 1 aromatic carbocycles. The Balaban J connectivity index is 2.60. The van der Waals surface area contributed by atoms with E-state index in [1.807, 2.05) is 24.9 Å². The number of hydrogen-bond donors (Lipinski definition) is 1. The van der Waals surface area contributed by atoms with E-state index in [1.165, 1.54) is 11.1 Å². The minimum Gasteiger partial charge on any atom is -0.316 e. The van der Waals surface area contributed by atoms with Gasteiger partial charge in [-0.05, 0) is 42.8 Å². The lowest BCUT2D eigenvalue weighted by Gasteiger charge is -2.18. The summed E-state index contributed by atoms with van der Waals surface area (Å²) in [4.78, 5) is 0. The summed E-state index contributed by atoms with van der Waals surface area (Å²) < 4.78 is 0. The van der Waals surface area contributed by atoms with Gasteiger partial charge in [0.15, 0.2) is 0 Å². The molecule has 0 aromatic heterocycles. The molecule has 0 bridgehead atoms. The largest absolute Gasteiger partial charge is 0.316 e. The van der Waals surface area contributed by atoms with E-state index in [9.17, 15) is 0 Å². The molecule has 0 spiro atoms. The van der Waals surface area contributed by atoms with Crippen LogP contribution < -0.4 is 5.32 Å². The van der Waals surface area contributed by atoms with E-state index in [4.69, 9.17) is 11.6 Å². The zero-order valence-corrected chi connectivity index (χ0v) is 12.7. The number of hydrogen-bond acceptors (Lipinski definition) is 2. The van der Waals surface area contributed by atoms with Crippen LogP contribution in [-0.2, 0) is 6.42 Å². The molecule has 0 saturated carbocycles. The lowest BCUT2D eigenvalue weighted by molar-refractivity contribution is 0.616. The molecule has 3 heteroatoms. The van der Waals surface area contributed by atoms with Gasteiger partial charge < -0.3 is 5.32 Å². The number of likely N-dealkylation sites (N-methyl/N-ethyl adjacent to an activating group) is 1. The van der Waals surface area contributed by atoms with E-state index >= 15 is 0 Å². The van der Waals surface area contributed by atoms with Crippen LogP contribution in [0.5, 0.6) is 0 Å². The number of benzene rings is 1.